The Balaban J connectivity index is 1.48. The summed E-state index contributed by atoms with van der Waals surface area (Å²) in [4.78, 5) is 21.1. The van der Waals surface area contributed by atoms with Gasteiger partial charge in [-0.2, -0.15) is 0 Å². The second-order valence-corrected chi connectivity index (χ2v) is 9.53. The summed E-state index contributed by atoms with van der Waals surface area (Å²) in [5.74, 6) is -0.635. The smallest absolute Gasteiger partial charge is 0.356 e. The summed E-state index contributed by atoms with van der Waals surface area (Å²) in [6, 6.07) is 23.0. The first-order chi connectivity index (χ1) is 18.1. The molecule has 0 aliphatic carbocycles. The zero-order valence-corrected chi connectivity index (χ0v) is 21.3. The van der Waals surface area contributed by atoms with E-state index in [-0.39, 0.29) is 11.7 Å². The molecule has 0 saturated carbocycles. The second kappa shape index (κ2) is 11.0. The quantitative estimate of drug-likeness (QED) is 0.351. The number of aromatic carboxylic acids is 1. The van der Waals surface area contributed by atoms with Crippen molar-refractivity contribution in [2.75, 3.05) is 18.0 Å². The monoisotopic (exact) mass is 499 g/mol. The maximum absolute atomic E-state index is 11.7. The van der Waals surface area contributed by atoms with Gasteiger partial charge in [0.05, 0.1) is 11.9 Å². The number of carboxylic acid groups (broad SMARTS) is 1. The van der Waals surface area contributed by atoms with Crippen LogP contribution in [-0.2, 0) is 13.2 Å². The summed E-state index contributed by atoms with van der Waals surface area (Å²) < 4.78 is 7.62. The van der Waals surface area contributed by atoms with Gasteiger partial charge in [-0.15, -0.1) is 5.10 Å². The van der Waals surface area contributed by atoms with Gasteiger partial charge in [-0.25, -0.2) is 14.3 Å². The maximum Gasteiger partial charge on any atom is 0.356 e. The van der Waals surface area contributed by atoms with Crippen LogP contribution in [0.5, 0.6) is 5.88 Å². The van der Waals surface area contributed by atoms with E-state index in [0.29, 0.717) is 24.2 Å². The Labute approximate surface area is 217 Å². The van der Waals surface area contributed by atoms with E-state index in [4.69, 9.17) is 4.74 Å². The molecule has 2 aromatic carbocycles. The highest BCUT2D eigenvalue weighted by atomic mass is 16.5. The van der Waals surface area contributed by atoms with Crippen molar-refractivity contribution in [3.63, 3.8) is 0 Å². The molecular formula is C29H33N5O3. The van der Waals surface area contributed by atoms with Gasteiger partial charge in [0.25, 0.3) is 0 Å². The molecule has 8 nitrogen and oxygen atoms in total. The summed E-state index contributed by atoms with van der Waals surface area (Å²) in [5.41, 5.74) is 3.71. The first kappa shape index (κ1) is 24.8. The fourth-order valence-corrected chi connectivity index (χ4v) is 5.11. The van der Waals surface area contributed by atoms with Crippen LogP contribution in [0.3, 0.4) is 0 Å². The molecule has 1 aliphatic rings. The lowest BCUT2D eigenvalue weighted by Crippen LogP contribution is -2.58. The minimum atomic E-state index is -1.07. The first-order valence-electron chi connectivity index (χ1n) is 12.9. The van der Waals surface area contributed by atoms with Crippen LogP contribution in [-0.4, -0.2) is 55.7 Å². The number of fused-ring (bicyclic) bond motifs is 1. The predicted molar refractivity (Wildman–Crippen MR) is 143 cm³/mol. The summed E-state index contributed by atoms with van der Waals surface area (Å²) in [6.07, 6.45) is 3.41. The van der Waals surface area contributed by atoms with Gasteiger partial charge in [0, 0.05) is 37.8 Å². The zero-order valence-electron chi connectivity index (χ0n) is 21.3. The summed E-state index contributed by atoms with van der Waals surface area (Å²) in [7, 11) is 0. The van der Waals surface area contributed by atoms with Crippen LogP contribution in [0, 0.1) is 0 Å². The van der Waals surface area contributed by atoms with Crippen molar-refractivity contribution in [2.24, 2.45) is 0 Å². The number of anilines is 1. The van der Waals surface area contributed by atoms with E-state index in [1.807, 2.05) is 36.4 Å². The SMILES string of the molecule is CC[C@@H]1CN(c2cc(OCc3ccccc3)nn3cc(C(=O)O)nc23)[C@@H](CC)CN1Cc1ccccc1. The Morgan fingerprint density at radius 1 is 0.973 bits per heavy atom. The third kappa shape index (κ3) is 5.44. The molecule has 0 amide bonds. The van der Waals surface area contributed by atoms with Gasteiger partial charge in [-0.1, -0.05) is 74.5 Å². The van der Waals surface area contributed by atoms with Crippen LogP contribution in [0.2, 0.25) is 0 Å². The van der Waals surface area contributed by atoms with Crippen molar-refractivity contribution in [1.82, 2.24) is 19.5 Å². The van der Waals surface area contributed by atoms with E-state index in [1.54, 1.807) is 4.52 Å². The van der Waals surface area contributed by atoms with Crippen LogP contribution >= 0.6 is 0 Å². The standard InChI is InChI=1S/C29H33N5O3/c1-3-23-18-33(24(4-2)17-32(23)16-21-11-7-5-8-12-21)26-15-27(37-20-22-13-9-6-10-14-22)31-34-19-25(29(35)36)30-28(26)34/h5-15,19,23-24H,3-4,16-18,20H2,1-2H3,(H,35,36)/t23-,24+/m1/s1. The first-order valence-corrected chi connectivity index (χ1v) is 12.9. The number of aromatic nitrogens is 3. The number of carboxylic acids is 1. The van der Waals surface area contributed by atoms with E-state index in [1.165, 1.54) is 11.8 Å². The number of rotatable bonds is 9. The van der Waals surface area contributed by atoms with Crippen molar-refractivity contribution in [3.8, 4) is 5.88 Å². The molecule has 2 aromatic heterocycles. The Morgan fingerprint density at radius 2 is 1.65 bits per heavy atom. The number of hydrogen-bond acceptors (Lipinski definition) is 6. The largest absolute Gasteiger partial charge is 0.476 e. The van der Waals surface area contributed by atoms with Gasteiger partial charge in [0.15, 0.2) is 11.3 Å². The van der Waals surface area contributed by atoms with Gasteiger partial charge in [-0.05, 0) is 24.0 Å². The van der Waals surface area contributed by atoms with Crippen LogP contribution in [0.4, 0.5) is 5.69 Å². The number of piperazine rings is 1. The van der Waals surface area contributed by atoms with Gasteiger partial charge >= 0.3 is 5.97 Å². The van der Waals surface area contributed by atoms with Crippen molar-refractivity contribution < 1.29 is 14.6 Å². The van der Waals surface area contributed by atoms with E-state index in [9.17, 15) is 9.90 Å². The molecule has 1 aliphatic heterocycles. The Morgan fingerprint density at radius 3 is 2.30 bits per heavy atom. The summed E-state index contributed by atoms with van der Waals surface area (Å²) >= 11 is 0. The number of ether oxygens (including phenoxy) is 1. The number of nitrogens with zero attached hydrogens (tertiary/aromatic N) is 5. The average molecular weight is 500 g/mol. The van der Waals surface area contributed by atoms with Crippen LogP contribution in [0.1, 0.15) is 48.3 Å². The van der Waals surface area contributed by atoms with Gasteiger partial charge in [0.2, 0.25) is 5.88 Å². The topological polar surface area (TPSA) is 83.2 Å². The molecule has 0 radical (unpaired) electrons. The molecular weight excluding hydrogens is 466 g/mol. The molecule has 37 heavy (non-hydrogen) atoms. The van der Waals surface area contributed by atoms with E-state index in [0.717, 1.165) is 43.7 Å². The number of imidazole rings is 1. The fourth-order valence-electron chi connectivity index (χ4n) is 5.11. The Bertz CT molecular complexity index is 1340. The highest BCUT2D eigenvalue weighted by Gasteiger charge is 2.34. The van der Waals surface area contributed by atoms with Crippen LogP contribution in [0.15, 0.2) is 72.9 Å². The third-order valence-corrected chi connectivity index (χ3v) is 7.12. The van der Waals surface area contributed by atoms with Gasteiger partial charge in [-0.3, -0.25) is 4.90 Å². The highest BCUT2D eigenvalue weighted by molar-refractivity contribution is 5.87. The molecule has 8 heteroatoms. The molecule has 1 fully saturated rings. The predicted octanol–water partition coefficient (Wildman–Crippen LogP) is 4.89. The molecule has 1 saturated heterocycles. The molecule has 0 spiro atoms. The number of hydrogen-bond donors (Lipinski definition) is 1. The highest BCUT2D eigenvalue weighted by Crippen LogP contribution is 2.32. The van der Waals surface area contributed by atoms with Gasteiger partial charge in [0.1, 0.15) is 6.61 Å². The molecule has 1 N–H and O–H groups in total. The molecule has 4 aromatic rings. The fraction of sp³-hybridized carbons (Fsp3) is 0.345. The number of benzene rings is 2. The second-order valence-electron chi connectivity index (χ2n) is 9.53. The van der Waals surface area contributed by atoms with E-state index >= 15 is 0 Å². The normalized spacial score (nSPS) is 18.3. The number of carbonyl (C=O) groups is 1. The molecule has 0 bridgehead atoms. The van der Waals surface area contributed by atoms with Gasteiger partial charge < -0.3 is 14.7 Å². The average Bonchev–Trinajstić information content (AvgIpc) is 3.37. The van der Waals surface area contributed by atoms with Crippen molar-refractivity contribution in [2.45, 2.75) is 51.9 Å². The lowest BCUT2D eigenvalue weighted by molar-refractivity contribution is 0.0691. The summed E-state index contributed by atoms with van der Waals surface area (Å²) in [6.45, 7) is 7.43. The Kier molecular flexibility index (Phi) is 7.37. The molecule has 192 valence electrons. The van der Waals surface area contributed by atoms with Crippen LogP contribution in [0.25, 0.3) is 5.65 Å². The molecule has 5 rings (SSSR count). The maximum atomic E-state index is 11.7. The molecule has 3 heterocycles. The van der Waals surface area contributed by atoms with Crippen molar-refractivity contribution in [1.29, 1.82) is 0 Å². The lowest BCUT2D eigenvalue weighted by Gasteiger charge is -2.47. The van der Waals surface area contributed by atoms with Crippen molar-refractivity contribution >= 4 is 17.3 Å². The third-order valence-electron chi connectivity index (χ3n) is 7.12. The zero-order chi connectivity index (χ0) is 25.8. The van der Waals surface area contributed by atoms with Crippen LogP contribution < -0.4 is 9.64 Å². The van der Waals surface area contributed by atoms with E-state index < -0.39 is 5.97 Å². The minimum Gasteiger partial charge on any atom is -0.476 e. The van der Waals surface area contributed by atoms with E-state index in [2.05, 4.69) is 64.1 Å². The Hall–Kier alpha value is -3.91. The molecule has 0 unspecified atom stereocenters. The minimum absolute atomic E-state index is 0.0308. The lowest BCUT2D eigenvalue weighted by atomic mass is 10.0. The molecule has 2 atom stereocenters. The summed E-state index contributed by atoms with van der Waals surface area (Å²) in [5, 5.41) is 14.1. The van der Waals surface area contributed by atoms with Crippen molar-refractivity contribution in [3.05, 3.63) is 89.7 Å².